The van der Waals surface area contributed by atoms with E-state index in [0.717, 1.165) is 0 Å². The number of carbonyl (C=O) groups is 4. The predicted octanol–water partition coefficient (Wildman–Crippen LogP) is 0.587. The van der Waals surface area contributed by atoms with Gasteiger partial charge in [-0.2, -0.15) is 0 Å². The summed E-state index contributed by atoms with van der Waals surface area (Å²) >= 11 is 0. The smallest absolute Gasteiger partial charge is 0.332 e. The number of aromatic nitrogens is 1. The maximum absolute atomic E-state index is 12.6. The number of amides is 1. The summed E-state index contributed by atoms with van der Waals surface area (Å²) in [5.41, 5.74) is -0.386. The molecule has 0 aliphatic carbocycles. The molecule has 11 nitrogen and oxygen atoms in total. The van der Waals surface area contributed by atoms with Gasteiger partial charge in [-0.25, -0.2) is 9.78 Å². The van der Waals surface area contributed by atoms with Crippen molar-refractivity contribution in [2.24, 2.45) is 11.8 Å². The van der Waals surface area contributed by atoms with E-state index in [-0.39, 0.29) is 11.4 Å². The molecule has 2 N–H and O–H groups in total. The van der Waals surface area contributed by atoms with E-state index >= 15 is 0 Å². The van der Waals surface area contributed by atoms with Crippen molar-refractivity contribution in [1.29, 1.82) is 0 Å². The average Bonchev–Trinajstić information content (AvgIpc) is 2.75. The molecular weight excluding hydrogens is 412 g/mol. The molecular formula is C20H26N2O9. The summed E-state index contributed by atoms with van der Waals surface area (Å²) in [5, 5.41) is 12.4. The van der Waals surface area contributed by atoms with Gasteiger partial charge in [0.2, 0.25) is 0 Å². The van der Waals surface area contributed by atoms with Gasteiger partial charge in [0.25, 0.3) is 5.91 Å². The Labute approximate surface area is 179 Å². The summed E-state index contributed by atoms with van der Waals surface area (Å²) in [6.07, 6.45) is -0.810. The zero-order valence-corrected chi connectivity index (χ0v) is 17.9. The standard InChI is InChI=1S/C20H26N2O9/c1-9(2)18(25)31-16-10(3)19(26)29-8-12(20(27)30-11(16)4)22-17(24)14-15(23)13(28-5)6-7-21-14/h6-7,9-12,16,23H,8H2,1-5H3,(H,22,24). The predicted molar refractivity (Wildman–Crippen MR) is 104 cm³/mol. The average molecular weight is 438 g/mol. The van der Waals surface area contributed by atoms with E-state index in [1.807, 2.05) is 0 Å². The van der Waals surface area contributed by atoms with Crippen LogP contribution in [0.15, 0.2) is 12.3 Å². The lowest BCUT2D eigenvalue weighted by Crippen LogP contribution is -2.46. The van der Waals surface area contributed by atoms with Crippen LogP contribution < -0.4 is 10.1 Å². The molecule has 1 aliphatic heterocycles. The Bertz CT molecular complexity index is 855. The van der Waals surface area contributed by atoms with E-state index in [9.17, 15) is 24.3 Å². The van der Waals surface area contributed by atoms with Crippen LogP contribution in [-0.4, -0.2) is 65.9 Å². The van der Waals surface area contributed by atoms with Crippen molar-refractivity contribution in [2.45, 2.75) is 45.9 Å². The fourth-order valence-electron chi connectivity index (χ4n) is 2.80. The number of pyridine rings is 1. The number of nitrogens with zero attached hydrogens (tertiary/aromatic N) is 1. The number of cyclic esters (lactones) is 2. The zero-order valence-electron chi connectivity index (χ0n) is 17.9. The molecule has 11 heteroatoms. The first-order valence-electron chi connectivity index (χ1n) is 9.67. The molecule has 0 saturated carbocycles. The first-order valence-corrected chi connectivity index (χ1v) is 9.67. The zero-order chi connectivity index (χ0) is 23.3. The topological polar surface area (TPSA) is 150 Å². The van der Waals surface area contributed by atoms with Gasteiger partial charge in [-0.3, -0.25) is 14.4 Å². The fourth-order valence-corrected chi connectivity index (χ4v) is 2.80. The van der Waals surface area contributed by atoms with Gasteiger partial charge in [0, 0.05) is 12.3 Å². The molecule has 1 aliphatic rings. The molecule has 1 saturated heterocycles. The Morgan fingerprint density at radius 3 is 2.55 bits per heavy atom. The quantitative estimate of drug-likeness (QED) is 0.494. The van der Waals surface area contributed by atoms with Gasteiger partial charge >= 0.3 is 17.9 Å². The minimum atomic E-state index is -1.38. The monoisotopic (exact) mass is 438 g/mol. The highest BCUT2D eigenvalue weighted by molar-refractivity contribution is 5.98. The third-order valence-electron chi connectivity index (χ3n) is 4.66. The Kier molecular flexibility index (Phi) is 7.78. The molecule has 2 heterocycles. The van der Waals surface area contributed by atoms with E-state index in [2.05, 4.69) is 10.3 Å². The summed E-state index contributed by atoms with van der Waals surface area (Å²) in [5.74, 6) is -4.96. The number of hydrogen-bond acceptors (Lipinski definition) is 10. The van der Waals surface area contributed by atoms with Gasteiger partial charge in [-0.1, -0.05) is 13.8 Å². The summed E-state index contributed by atoms with van der Waals surface area (Å²) in [4.78, 5) is 53.3. The number of hydrogen-bond donors (Lipinski definition) is 2. The molecule has 0 aromatic carbocycles. The van der Waals surface area contributed by atoms with Crippen molar-refractivity contribution in [1.82, 2.24) is 10.3 Å². The molecule has 31 heavy (non-hydrogen) atoms. The van der Waals surface area contributed by atoms with Crippen LogP contribution in [0.5, 0.6) is 11.5 Å². The van der Waals surface area contributed by atoms with Crippen molar-refractivity contribution in [2.75, 3.05) is 13.7 Å². The van der Waals surface area contributed by atoms with Crippen LogP contribution in [0.2, 0.25) is 0 Å². The van der Waals surface area contributed by atoms with Crippen LogP contribution >= 0.6 is 0 Å². The first kappa shape index (κ1) is 23.9. The Hall–Kier alpha value is -3.37. The lowest BCUT2D eigenvalue weighted by atomic mass is 10.00. The van der Waals surface area contributed by atoms with Gasteiger partial charge in [0.15, 0.2) is 29.3 Å². The number of nitrogens with one attached hydrogen (secondary N) is 1. The van der Waals surface area contributed by atoms with Gasteiger partial charge in [0.1, 0.15) is 12.7 Å². The second kappa shape index (κ2) is 10.1. The van der Waals surface area contributed by atoms with Gasteiger partial charge in [-0.05, 0) is 13.8 Å². The van der Waals surface area contributed by atoms with Crippen molar-refractivity contribution in [3.05, 3.63) is 18.0 Å². The Morgan fingerprint density at radius 2 is 1.94 bits per heavy atom. The van der Waals surface area contributed by atoms with E-state index in [0.29, 0.717) is 0 Å². The molecule has 2 rings (SSSR count). The summed E-state index contributed by atoms with van der Waals surface area (Å²) in [6, 6.07) is -0.0258. The molecule has 1 amide bonds. The van der Waals surface area contributed by atoms with E-state index in [1.165, 1.54) is 33.2 Å². The van der Waals surface area contributed by atoms with Crippen LogP contribution in [0.4, 0.5) is 0 Å². The maximum atomic E-state index is 12.6. The minimum absolute atomic E-state index is 0.0147. The third kappa shape index (κ3) is 5.62. The van der Waals surface area contributed by atoms with Gasteiger partial charge in [-0.15, -0.1) is 0 Å². The Balaban J connectivity index is 2.21. The number of esters is 3. The molecule has 0 radical (unpaired) electrons. The lowest BCUT2D eigenvalue weighted by Gasteiger charge is -2.27. The van der Waals surface area contributed by atoms with E-state index < -0.39 is 66.3 Å². The lowest BCUT2D eigenvalue weighted by molar-refractivity contribution is -0.175. The molecule has 0 bridgehead atoms. The second-order valence-corrected chi connectivity index (χ2v) is 7.35. The van der Waals surface area contributed by atoms with Crippen molar-refractivity contribution < 1.29 is 43.2 Å². The van der Waals surface area contributed by atoms with Crippen LogP contribution in [0.25, 0.3) is 0 Å². The second-order valence-electron chi connectivity index (χ2n) is 7.35. The number of carbonyl (C=O) groups excluding carboxylic acids is 4. The van der Waals surface area contributed by atoms with Gasteiger partial charge < -0.3 is 29.4 Å². The number of ether oxygens (including phenoxy) is 4. The van der Waals surface area contributed by atoms with E-state index in [1.54, 1.807) is 13.8 Å². The summed E-state index contributed by atoms with van der Waals surface area (Å²) in [6.45, 7) is 5.70. The molecule has 4 atom stereocenters. The molecule has 1 aromatic heterocycles. The minimum Gasteiger partial charge on any atom is -0.503 e. The Morgan fingerprint density at radius 1 is 1.26 bits per heavy atom. The maximum Gasteiger partial charge on any atom is 0.332 e. The molecule has 4 unspecified atom stereocenters. The number of methoxy groups -OCH3 is 1. The highest BCUT2D eigenvalue weighted by Gasteiger charge is 2.40. The van der Waals surface area contributed by atoms with Crippen molar-refractivity contribution in [3.8, 4) is 11.5 Å². The van der Waals surface area contributed by atoms with Crippen LogP contribution in [0.1, 0.15) is 38.2 Å². The highest BCUT2D eigenvalue weighted by Crippen LogP contribution is 2.27. The first-order chi connectivity index (χ1) is 14.6. The van der Waals surface area contributed by atoms with Crippen LogP contribution in [0, 0.1) is 11.8 Å². The highest BCUT2D eigenvalue weighted by atomic mass is 16.6. The van der Waals surface area contributed by atoms with Crippen molar-refractivity contribution >= 4 is 23.8 Å². The molecule has 0 spiro atoms. The number of aromatic hydroxyl groups is 1. The third-order valence-corrected chi connectivity index (χ3v) is 4.66. The molecule has 1 aromatic rings. The largest absolute Gasteiger partial charge is 0.503 e. The number of rotatable bonds is 5. The van der Waals surface area contributed by atoms with Gasteiger partial charge in [0.05, 0.1) is 18.9 Å². The normalized spacial score (nSPS) is 24.2. The summed E-state index contributed by atoms with van der Waals surface area (Å²) < 4.78 is 20.8. The van der Waals surface area contributed by atoms with Crippen LogP contribution in [-0.2, 0) is 28.6 Å². The molecule has 170 valence electrons. The van der Waals surface area contributed by atoms with Crippen LogP contribution in [0.3, 0.4) is 0 Å². The SMILES string of the molecule is COc1ccnc(C(=O)NC2COC(=O)C(C)C(OC(=O)C(C)C)C(C)OC2=O)c1O. The molecule has 1 fully saturated rings. The van der Waals surface area contributed by atoms with Crippen molar-refractivity contribution in [3.63, 3.8) is 0 Å². The summed E-state index contributed by atoms with van der Waals surface area (Å²) in [7, 11) is 1.30. The van der Waals surface area contributed by atoms with E-state index in [4.69, 9.17) is 18.9 Å². The fraction of sp³-hybridized carbons (Fsp3) is 0.550.